The quantitative estimate of drug-likeness (QED) is 0.570. The van der Waals surface area contributed by atoms with E-state index in [9.17, 15) is 4.79 Å². The molecule has 0 bridgehead atoms. The van der Waals surface area contributed by atoms with Crippen LogP contribution in [0.15, 0.2) is 24.3 Å². The highest BCUT2D eigenvalue weighted by Crippen LogP contribution is 2.18. The van der Waals surface area contributed by atoms with Crippen LogP contribution in [-0.4, -0.2) is 31.0 Å². The predicted octanol–water partition coefficient (Wildman–Crippen LogP) is 2.37. The highest BCUT2D eigenvalue weighted by molar-refractivity contribution is 7.59. The molecular weight excluding hydrogens is 344 g/mol. The van der Waals surface area contributed by atoms with E-state index < -0.39 is 6.04 Å². The molecule has 2 rings (SSSR count). The number of hydrogen-bond acceptors (Lipinski definition) is 4. The first kappa shape index (κ1) is 22.1. The predicted molar refractivity (Wildman–Crippen MR) is 111 cm³/mol. The summed E-state index contributed by atoms with van der Waals surface area (Å²) in [7, 11) is 0. The zero-order chi connectivity index (χ0) is 17.9. The molecular formula is C21H28N2O2S. The molecule has 1 fully saturated rings. The van der Waals surface area contributed by atoms with Crippen LogP contribution in [0.25, 0.3) is 0 Å². The lowest BCUT2D eigenvalue weighted by molar-refractivity contribution is -0.120. The number of benzene rings is 1. The van der Waals surface area contributed by atoms with Crippen LogP contribution in [0.1, 0.15) is 44.1 Å². The maximum absolute atomic E-state index is 11.7. The van der Waals surface area contributed by atoms with Gasteiger partial charge in [0.1, 0.15) is 11.9 Å². The summed E-state index contributed by atoms with van der Waals surface area (Å²) in [6.07, 6.45) is 9.60. The second kappa shape index (κ2) is 12.4. The van der Waals surface area contributed by atoms with Crippen molar-refractivity contribution in [2.45, 2.75) is 50.7 Å². The maximum Gasteiger partial charge on any atom is 0.150 e. The topological polar surface area (TPSA) is 64.4 Å². The highest BCUT2D eigenvalue weighted by Gasteiger charge is 2.14. The fraction of sp³-hybridized carbons (Fsp3) is 0.476. The van der Waals surface area contributed by atoms with E-state index in [1.165, 1.54) is 0 Å². The van der Waals surface area contributed by atoms with Gasteiger partial charge in [0, 0.05) is 24.8 Å². The van der Waals surface area contributed by atoms with E-state index in [1.807, 2.05) is 24.3 Å². The number of hydrogen-bond donors (Lipinski definition) is 2. The fourth-order valence-corrected chi connectivity index (χ4v) is 2.69. The minimum Gasteiger partial charge on any atom is -0.490 e. The highest BCUT2D eigenvalue weighted by atomic mass is 32.1. The maximum atomic E-state index is 11.7. The first-order valence-electron chi connectivity index (χ1n) is 8.87. The Kier molecular flexibility index (Phi) is 10.6. The second-order valence-corrected chi connectivity index (χ2v) is 6.23. The van der Waals surface area contributed by atoms with E-state index in [0.717, 1.165) is 37.2 Å². The average Bonchev–Trinajstić information content (AvgIpc) is 2.62. The van der Waals surface area contributed by atoms with E-state index >= 15 is 0 Å². The van der Waals surface area contributed by atoms with Crippen LogP contribution < -0.4 is 15.8 Å². The standard InChI is InChI=1S/C21H26N2O2.H2S/c1-2-7-20(22)21(24)11-5-3-4-8-17-9-6-10-19(16-17)25-18-12-14-23-15-13-18;/h1,6,9-10,16,18,20,23H,3,5,7,11-15,22H2;1H2/t20-;/m0./s1. The number of Topliss-reactive ketones (excluding diaryl/α,β-unsaturated/α-hetero) is 1. The van der Waals surface area contributed by atoms with Gasteiger partial charge in [-0.25, -0.2) is 0 Å². The van der Waals surface area contributed by atoms with E-state index in [0.29, 0.717) is 25.7 Å². The molecule has 0 unspecified atom stereocenters. The van der Waals surface area contributed by atoms with Gasteiger partial charge in [0.05, 0.1) is 6.04 Å². The van der Waals surface area contributed by atoms with Gasteiger partial charge in [-0.3, -0.25) is 4.79 Å². The van der Waals surface area contributed by atoms with Gasteiger partial charge < -0.3 is 15.8 Å². The monoisotopic (exact) mass is 372 g/mol. The Morgan fingerprint density at radius 1 is 1.38 bits per heavy atom. The van der Waals surface area contributed by atoms with Crippen molar-refractivity contribution in [2.24, 2.45) is 5.73 Å². The molecule has 1 aliphatic rings. The Labute approximate surface area is 163 Å². The second-order valence-electron chi connectivity index (χ2n) is 6.23. The third kappa shape index (κ3) is 7.97. The van der Waals surface area contributed by atoms with Crippen LogP contribution in [0.4, 0.5) is 0 Å². The van der Waals surface area contributed by atoms with Gasteiger partial charge in [-0.05, 0) is 50.6 Å². The molecule has 140 valence electrons. The summed E-state index contributed by atoms with van der Waals surface area (Å²) in [5.41, 5.74) is 6.61. The molecule has 0 spiro atoms. The van der Waals surface area contributed by atoms with Crippen LogP contribution >= 0.6 is 13.5 Å². The number of nitrogens with one attached hydrogen (secondary N) is 1. The number of ketones is 1. The zero-order valence-electron chi connectivity index (χ0n) is 15.1. The number of carbonyl (C=O) groups excluding carboxylic acids is 1. The Morgan fingerprint density at radius 2 is 2.15 bits per heavy atom. The summed E-state index contributed by atoms with van der Waals surface area (Å²) in [4.78, 5) is 11.7. The van der Waals surface area contributed by atoms with E-state index in [-0.39, 0.29) is 25.4 Å². The third-order valence-corrected chi connectivity index (χ3v) is 4.13. The molecule has 0 saturated carbocycles. The number of nitrogens with two attached hydrogens (primary N) is 1. The van der Waals surface area contributed by atoms with Gasteiger partial charge in [0.15, 0.2) is 5.78 Å². The first-order chi connectivity index (χ1) is 12.2. The SMILES string of the molecule is C#CC[C@H](N)C(=O)CCCC#Cc1cccc(OC2CCNCC2)c1.S. The van der Waals surface area contributed by atoms with Gasteiger partial charge in [-0.15, -0.1) is 12.3 Å². The first-order valence-corrected chi connectivity index (χ1v) is 8.87. The van der Waals surface area contributed by atoms with Crippen molar-refractivity contribution >= 4 is 19.3 Å². The summed E-state index contributed by atoms with van der Waals surface area (Å²) >= 11 is 0. The number of terminal acetylenes is 1. The van der Waals surface area contributed by atoms with Crippen LogP contribution in [-0.2, 0) is 4.79 Å². The van der Waals surface area contributed by atoms with Crippen molar-refractivity contribution in [3.8, 4) is 29.9 Å². The molecule has 1 atom stereocenters. The molecule has 0 aromatic heterocycles. The number of carbonyl (C=O) groups is 1. The molecule has 1 aromatic carbocycles. The molecule has 1 aliphatic heterocycles. The van der Waals surface area contributed by atoms with Gasteiger partial charge in [0.2, 0.25) is 0 Å². The Morgan fingerprint density at radius 3 is 2.88 bits per heavy atom. The minimum absolute atomic E-state index is 0. The molecule has 0 aliphatic carbocycles. The van der Waals surface area contributed by atoms with Gasteiger partial charge in [0.25, 0.3) is 0 Å². The van der Waals surface area contributed by atoms with Crippen LogP contribution in [0.5, 0.6) is 5.75 Å². The number of piperidine rings is 1. The molecule has 1 saturated heterocycles. The Balaban J connectivity index is 0.00000338. The van der Waals surface area contributed by atoms with E-state index in [1.54, 1.807) is 0 Å². The lowest BCUT2D eigenvalue weighted by Crippen LogP contribution is -2.34. The summed E-state index contributed by atoms with van der Waals surface area (Å²) in [6, 6.07) is 7.34. The molecule has 4 nitrogen and oxygen atoms in total. The molecule has 1 heterocycles. The smallest absolute Gasteiger partial charge is 0.150 e. The van der Waals surface area contributed by atoms with Crippen molar-refractivity contribution in [1.82, 2.24) is 5.32 Å². The largest absolute Gasteiger partial charge is 0.490 e. The van der Waals surface area contributed by atoms with Crippen molar-refractivity contribution in [3.05, 3.63) is 29.8 Å². The summed E-state index contributed by atoms with van der Waals surface area (Å²) in [5.74, 6) is 9.54. The number of rotatable bonds is 7. The normalized spacial score (nSPS) is 14.9. The minimum atomic E-state index is -0.540. The fourth-order valence-electron chi connectivity index (χ4n) is 2.69. The van der Waals surface area contributed by atoms with Crippen LogP contribution in [0.3, 0.4) is 0 Å². The van der Waals surface area contributed by atoms with Gasteiger partial charge in [-0.2, -0.15) is 13.5 Å². The van der Waals surface area contributed by atoms with Gasteiger partial charge in [-0.1, -0.05) is 17.9 Å². The van der Waals surface area contributed by atoms with Crippen LogP contribution in [0, 0.1) is 24.2 Å². The molecule has 5 heteroatoms. The molecule has 0 radical (unpaired) electrons. The van der Waals surface area contributed by atoms with Crippen LogP contribution in [0.2, 0.25) is 0 Å². The summed E-state index contributed by atoms with van der Waals surface area (Å²) in [6.45, 7) is 2.02. The molecule has 3 N–H and O–H groups in total. The van der Waals surface area contributed by atoms with Gasteiger partial charge >= 0.3 is 0 Å². The Bertz CT molecular complexity index is 667. The number of ether oxygens (including phenoxy) is 1. The average molecular weight is 373 g/mol. The number of unbranched alkanes of at least 4 members (excludes halogenated alkanes) is 1. The van der Waals surface area contributed by atoms with Crippen molar-refractivity contribution in [2.75, 3.05) is 13.1 Å². The molecule has 1 aromatic rings. The third-order valence-electron chi connectivity index (χ3n) is 4.13. The van der Waals surface area contributed by atoms with E-state index in [2.05, 4.69) is 23.1 Å². The zero-order valence-corrected chi connectivity index (χ0v) is 16.1. The van der Waals surface area contributed by atoms with Crippen molar-refractivity contribution in [1.29, 1.82) is 0 Å². The summed E-state index contributed by atoms with van der Waals surface area (Å²) < 4.78 is 6.02. The molecule has 0 amide bonds. The van der Waals surface area contributed by atoms with Crippen molar-refractivity contribution < 1.29 is 9.53 Å². The Hall–Kier alpha value is -1.92. The molecule has 26 heavy (non-hydrogen) atoms. The van der Waals surface area contributed by atoms with E-state index in [4.69, 9.17) is 16.9 Å². The lowest BCUT2D eigenvalue weighted by atomic mass is 10.0. The van der Waals surface area contributed by atoms with Crippen molar-refractivity contribution in [3.63, 3.8) is 0 Å². The lowest BCUT2D eigenvalue weighted by Gasteiger charge is -2.23. The summed E-state index contributed by atoms with van der Waals surface area (Å²) in [5, 5.41) is 3.33.